The van der Waals surface area contributed by atoms with Crippen LogP contribution in [0.5, 0.6) is 0 Å². The van der Waals surface area contributed by atoms with E-state index in [1.54, 1.807) is 51.4 Å². The van der Waals surface area contributed by atoms with Crippen molar-refractivity contribution in [3.8, 4) is 11.1 Å². The second-order valence-corrected chi connectivity index (χ2v) is 8.18. The summed E-state index contributed by atoms with van der Waals surface area (Å²) in [5, 5.41) is 7.83. The molecular weight excluding hydrogens is 454 g/mol. The predicted molar refractivity (Wildman–Crippen MR) is 122 cm³/mol. The van der Waals surface area contributed by atoms with Crippen LogP contribution in [0.2, 0.25) is 5.15 Å². The summed E-state index contributed by atoms with van der Waals surface area (Å²) < 4.78 is 31.4. The van der Waals surface area contributed by atoms with Gasteiger partial charge in [-0.2, -0.15) is 5.10 Å². The predicted octanol–water partition coefficient (Wildman–Crippen LogP) is 5.02. The summed E-state index contributed by atoms with van der Waals surface area (Å²) >= 11 is 6.42. The maximum atomic E-state index is 12.8. The van der Waals surface area contributed by atoms with Gasteiger partial charge in [-0.3, -0.25) is 9.48 Å². The molecule has 0 aliphatic rings. The Morgan fingerprint density at radius 2 is 1.97 bits per heavy atom. The number of para-hydroxylation sites is 1. The van der Waals surface area contributed by atoms with E-state index in [-0.39, 0.29) is 30.3 Å². The number of carbonyl (C=O) groups is 2. The fraction of sp³-hybridized carbons (Fsp3) is 0.391. The third-order valence-corrected chi connectivity index (χ3v) is 5.37. The van der Waals surface area contributed by atoms with Gasteiger partial charge in [0.25, 0.3) is 5.91 Å². The number of pyridine rings is 1. The molecule has 0 saturated carbocycles. The highest BCUT2D eigenvalue weighted by atomic mass is 35.5. The van der Waals surface area contributed by atoms with Crippen molar-refractivity contribution >= 4 is 34.4 Å². The Labute approximate surface area is 195 Å². The van der Waals surface area contributed by atoms with Crippen molar-refractivity contribution < 1.29 is 23.1 Å². The van der Waals surface area contributed by atoms with Crippen molar-refractivity contribution in [3.05, 3.63) is 46.9 Å². The van der Waals surface area contributed by atoms with Crippen molar-refractivity contribution in [2.24, 2.45) is 7.05 Å². The normalized spacial score (nSPS) is 11.4. The number of benzene rings is 1. The molecule has 0 bridgehead atoms. The molecular formula is C23H25ClF2N4O3. The van der Waals surface area contributed by atoms with Gasteiger partial charge in [0, 0.05) is 31.0 Å². The fourth-order valence-corrected chi connectivity index (χ4v) is 3.54. The van der Waals surface area contributed by atoms with E-state index in [1.165, 1.54) is 4.68 Å². The number of fused-ring (bicyclic) bond motifs is 1. The minimum absolute atomic E-state index is 0.0658. The number of halogens is 3. The van der Waals surface area contributed by atoms with Gasteiger partial charge in [0.15, 0.2) is 0 Å². The van der Waals surface area contributed by atoms with Crippen molar-refractivity contribution in [2.45, 2.75) is 45.6 Å². The largest absolute Gasteiger partial charge is 0.459 e. The Hall–Kier alpha value is -3.07. The molecule has 0 aliphatic carbocycles. The van der Waals surface area contributed by atoms with Crippen LogP contribution in [0.25, 0.3) is 22.0 Å². The lowest BCUT2D eigenvalue weighted by Gasteiger charge is -2.13. The van der Waals surface area contributed by atoms with Crippen molar-refractivity contribution in [2.75, 3.05) is 6.54 Å². The molecule has 1 aromatic carbocycles. The Balaban J connectivity index is 2.04. The van der Waals surface area contributed by atoms with Crippen LogP contribution in [0.1, 0.15) is 54.0 Å². The zero-order valence-corrected chi connectivity index (χ0v) is 19.3. The number of nitrogens with one attached hydrogen (secondary N) is 1. The minimum Gasteiger partial charge on any atom is -0.459 e. The summed E-state index contributed by atoms with van der Waals surface area (Å²) in [6.07, 6.45) is -0.627. The zero-order valence-electron chi connectivity index (χ0n) is 18.6. The topological polar surface area (TPSA) is 86.1 Å². The lowest BCUT2D eigenvalue weighted by atomic mass is 10.00. The minimum atomic E-state index is -2.36. The van der Waals surface area contributed by atoms with Crippen LogP contribution < -0.4 is 5.32 Å². The molecule has 1 amide bonds. The third kappa shape index (κ3) is 5.84. The van der Waals surface area contributed by atoms with Crippen LogP contribution in [-0.2, 0) is 11.8 Å². The summed E-state index contributed by atoms with van der Waals surface area (Å²) in [4.78, 5) is 30.0. The number of alkyl halides is 2. The standard InChI is InChI=1S/C23H25ClF2N4O3/c1-13(2)33-23(32)15-8-6-7-14-16(17-12-28-30(3)21(17)24)11-18(29-20(14)15)22(31)27-10-5-4-9-19(25)26/h6-8,11-13,19H,4-5,9-10H2,1-3H3,(H,27,31). The molecule has 33 heavy (non-hydrogen) atoms. The van der Waals surface area contributed by atoms with Crippen LogP contribution in [0.3, 0.4) is 0 Å². The smallest absolute Gasteiger partial charge is 0.340 e. The molecule has 1 N–H and O–H groups in total. The van der Waals surface area contributed by atoms with Gasteiger partial charge in [-0.15, -0.1) is 0 Å². The zero-order chi connectivity index (χ0) is 24.1. The second-order valence-electron chi connectivity index (χ2n) is 7.83. The van der Waals surface area contributed by atoms with E-state index in [2.05, 4.69) is 15.4 Å². The molecule has 7 nitrogen and oxygen atoms in total. The monoisotopic (exact) mass is 478 g/mol. The number of esters is 1. The molecule has 0 unspecified atom stereocenters. The van der Waals surface area contributed by atoms with Gasteiger partial charge in [-0.05, 0) is 44.4 Å². The number of hydrogen-bond donors (Lipinski definition) is 1. The average molecular weight is 479 g/mol. The van der Waals surface area contributed by atoms with Gasteiger partial charge in [0.2, 0.25) is 6.43 Å². The summed E-state index contributed by atoms with van der Waals surface area (Å²) in [7, 11) is 1.69. The van der Waals surface area contributed by atoms with Crippen molar-refractivity contribution in [3.63, 3.8) is 0 Å². The molecule has 0 spiro atoms. The number of rotatable bonds is 9. The molecule has 0 aliphatic heterocycles. The van der Waals surface area contributed by atoms with Gasteiger partial charge in [0.05, 0.1) is 23.4 Å². The number of unbranched alkanes of at least 4 members (excludes halogenated alkanes) is 1. The quantitative estimate of drug-likeness (QED) is 0.345. The number of nitrogens with zero attached hydrogens (tertiary/aromatic N) is 3. The summed E-state index contributed by atoms with van der Waals surface area (Å²) in [6, 6.07) is 6.65. The Bertz CT molecular complexity index is 1160. The maximum Gasteiger partial charge on any atom is 0.340 e. The van der Waals surface area contributed by atoms with E-state index in [0.29, 0.717) is 40.0 Å². The highest BCUT2D eigenvalue weighted by Crippen LogP contribution is 2.34. The van der Waals surface area contributed by atoms with Crippen LogP contribution in [-0.4, -0.2) is 45.7 Å². The summed E-state index contributed by atoms with van der Waals surface area (Å²) in [5.74, 6) is -1.04. The van der Waals surface area contributed by atoms with E-state index in [1.807, 2.05) is 0 Å². The van der Waals surface area contributed by atoms with Crippen LogP contribution in [0.4, 0.5) is 8.78 Å². The first-order chi connectivity index (χ1) is 15.7. The van der Waals surface area contributed by atoms with Crippen LogP contribution in [0.15, 0.2) is 30.5 Å². The average Bonchev–Trinajstić information content (AvgIpc) is 3.09. The van der Waals surface area contributed by atoms with Gasteiger partial charge >= 0.3 is 5.97 Å². The third-order valence-electron chi connectivity index (χ3n) is 4.93. The number of aromatic nitrogens is 3. The fourth-order valence-electron chi connectivity index (χ4n) is 3.35. The van der Waals surface area contributed by atoms with Crippen molar-refractivity contribution in [1.82, 2.24) is 20.1 Å². The molecule has 0 saturated heterocycles. The molecule has 10 heteroatoms. The highest BCUT2D eigenvalue weighted by Gasteiger charge is 2.21. The molecule has 0 atom stereocenters. The van der Waals surface area contributed by atoms with Crippen LogP contribution in [0, 0.1) is 0 Å². The lowest BCUT2D eigenvalue weighted by Crippen LogP contribution is -2.25. The first kappa shape index (κ1) is 24.6. The van der Waals surface area contributed by atoms with E-state index in [0.717, 1.165) is 0 Å². The molecule has 3 rings (SSSR count). The maximum absolute atomic E-state index is 12.8. The molecule has 0 radical (unpaired) electrons. The van der Waals surface area contributed by atoms with E-state index in [9.17, 15) is 18.4 Å². The molecule has 176 valence electrons. The van der Waals surface area contributed by atoms with E-state index >= 15 is 0 Å². The number of hydrogen-bond acceptors (Lipinski definition) is 5. The molecule has 3 aromatic rings. The van der Waals surface area contributed by atoms with Gasteiger partial charge in [-0.25, -0.2) is 18.6 Å². The molecule has 0 fully saturated rings. The van der Waals surface area contributed by atoms with Crippen molar-refractivity contribution in [1.29, 1.82) is 0 Å². The lowest BCUT2D eigenvalue weighted by molar-refractivity contribution is 0.0379. The number of ether oxygens (including phenoxy) is 1. The van der Waals surface area contributed by atoms with Gasteiger partial charge < -0.3 is 10.1 Å². The first-order valence-corrected chi connectivity index (χ1v) is 11.0. The second kappa shape index (κ2) is 10.7. The Morgan fingerprint density at radius 1 is 1.21 bits per heavy atom. The summed E-state index contributed by atoms with van der Waals surface area (Å²) in [5.41, 5.74) is 1.74. The Kier molecular flexibility index (Phi) is 7.97. The number of carbonyl (C=O) groups excluding carboxylic acids is 2. The van der Waals surface area contributed by atoms with Crippen LogP contribution >= 0.6 is 11.6 Å². The van der Waals surface area contributed by atoms with E-state index < -0.39 is 18.3 Å². The van der Waals surface area contributed by atoms with Gasteiger partial charge in [-0.1, -0.05) is 23.7 Å². The number of aryl methyl sites for hydroxylation is 1. The molecule has 2 heterocycles. The highest BCUT2D eigenvalue weighted by molar-refractivity contribution is 6.32. The van der Waals surface area contributed by atoms with Gasteiger partial charge in [0.1, 0.15) is 10.8 Å². The molecule has 2 aromatic heterocycles. The first-order valence-electron chi connectivity index (χ1n) is 10.6. The Morgan fingerprint density at radius 3 is 2.61 bits per heavy atom. The summed E-state index contributed by atoms with van der Waals surface area (Å²) in [6.45, 7) is 3.71. The number of amides is 1. The van der Waals surface area contributed by atoms with E-state index in [4.69, 9.17) is 16.3 Å². The SMILES string of the molecule is CC(C)OC(=O)c1cccc2c(-c3cnn(C)c3Cl)cc(C(=O)NCCCCC(F)F)nc12.